The molecule has 0 amide bonds. The van der Waals surface area contributed by atoms with Crippen LogP contribution in [-0.2, 0) is 15.1 Å². The lowest BCUT2D eigenvalue weighted by Crippen LogP contribution is -2.52. The Labute approximate surface area is 284 Å². The van der Waals surface area contributed by atoms with Gasteiger partial charge in [0.15, 0.2) is 0 Å². The Morgan fingerprint density at radius 2 is 1.33 bits per heavy atom. The summed E-state index contributed by atoms with van der Waals surface area (Å²) in [6.07, 6.45) is 1.51. The maximum atomic E-state index is 13.9. The molecule has 7 rings (SSSR count). The molecule has 48 heavy (non-hydrogen) atoms. The molecule has 1 fully saturated rings. The highest BCUT2D eigenvalue weighted by molar-refractivity contribution is 6.35. The van der Waals surface area contributed by atoms with Crippen molar-refractivity contribution >= 4 is 28.6 Å². The van der Waals surface area contributed by atoms with E-state index in [-0.39, 0.29) is 11.7 Å². The van der Waals surface area contributed by atoms with E-state index in [0.717, 1.165) is 35.0 Å². The number of fused-ring (bicyclic) bond motifs is 1. The van der Waals surface area contributed by atoms with Crippen molar-refractivity contribution < 1.29 is 14.3 Å². The quantitative estimate of drug-likeness (QED) is 0.0981. The molecule has 242 valence electrons. The summed E-state index contributed by atoms with van der Waals surface area (Å²) in [6, 6.07) is 42.2. The van der Waals surface area contributed by atoms with Gasteiger partial charge in [-0.05, 0) is 72.9 Å². The summed E-state index contributed by atoms with van der Waals surface area (Å²) in [6.45, 7) is 3.04. The highest BCUT2D eigenvalue weighted by Gasteiger charge is 2.39. The third-order valence-electron chi connectivity index (χ3n) is 9.12. The molecule has 6 aromatic rings. The smallest absolute Gasteiger partial charge is 0.334 e. The molecule has 7 nitrogen and oxygen atoms in total. The Kier molecular flexibility index (Phi) is 9.00. The zero-order valence-corrected chi connectivity index (χ0v) is 27.3. The summed E-state index contributed by atoms with van der Waals surface area (Å²) in [5, 5.41) is 4.15. The third-order valence-corrected chi connectivity index (χ3v) is 9.43. The van der Waals surface area contributed by atoms with Crippen LogP contribution in [0.4, 0.5) is 0 Å². The summed E-state index contributed by atoms with van der Waals surface area (Å²) >= 11 is 6.68. The Bertz CT molecular complexity index is 1970. The fourth-order valence-corrected chi connectivity index (χ4v) is 7.08. The van der Waals surface area contributed by atoms with Crippen LogP contribution in [0.1, 0.15) is 42.5 Å². The Morgan fingerprint density at radius 1 is 0.792 bits per heavy atom. The second kappa shape index (κ2) is 13.6. The zero-order valence-electron chi connectivity index (χ0n) is 26.6. The van der Waals surface area contributed by atoms with Crippen molar-refractivity contribution in [3.8, 4) is 11.4 Å². The number of aromatic nitrogens is 2. The molecular formula is C40H36ClN3O4. The predicted molar refractivity (Wildman–Crippen MR) is 189 cm³/mol. The van der Waals surface area contributed by atoms with Crippen LogP contribution in [0, 0.1) is 0 Å². The van der Waals surface area contributed by atoms with E-state index in [2.05, 4.69) is 41.7 Å². The first-order chi connectivity index (χ1) is 23.5. The number of halogens is 1. The lowest BCUT2D eigenvalue weighted by atomic mass is 9.76. The lowest BCUT2D eigenvalue weighted by Gasteiger charge is -2.38. The lowest BCUT2D eigenvalue weighted by molar-refractivity contribution is -0.136. The van der Waals surface area contributed by atoms with Crippen LogP contribution in [0.3, 0.4) is 0 Å². The average molecular weight is 658 g/mol. The van der Waals surface area contributed by atoms with Crippen LogP contribution in [0.5, 0.6) is 5.75 Å². The highest BCUT2D eigenvalue weighted by atomic mass is 35.5. The van der Waals surface area contributed by atoms with Gasteiger partial charge in [0.2, 0.25) is 0 Å². The van der Waals surface area contributed by atoms with E-state index in [1.807, 2.05) is 78.2 Å². The van der Waals surface area contributed by atoms with Crippen LogP contribution < -0.4 is 15.7 Å². The fraction of sp³-hybridized carbons (Fsp3) is 0.200. The van der Waals surface area contributed by atoms with E-state index in [1.165, 1.54) is 0 Å². The first kappa shape index (κ1) is 31.6. The average Bonchev–Trinajstić information content (AvgIpc) is 3.45. The molecule has 1 saturated heterocycles. The number of benzene rings is 5. The maximum Gasteiger partial charge on any atom is 0.334 e. The van der Waals surface area contributed by atoms with Crippen molar-refractivity contribution in [3.63, 3.8) is 0 Å². The van der Waals surface area contributed by atoms with Crippen molar-refractivity contribution in [2.45, 2.75) is 37.4 Å². The number of ether oxygens (including phenoxy) is 2. The molecule has 0 radical (unpaired) electrons. The van der Waals surface area contributed by atoms with Gasteiger partial charge in [-0.2, -0.15) is 0 Å². The molecule has 0 unspecified atom stereocenters. The second-order valence-corrected chi connectivity index (χ2v) is 12.5. The first-order valence-corrected chi connectivity index (χ1v) is 16.6. The normalized spacial score (nSPS) is 14.5. The van der Waals surface area contributed by atoms with Gasteiger partial charge in [0.1, 0.15) is 11.8 Å². The predicted octanol–water partition coefficient (Wildman–Crippen LogP) is 7.67. The minimum Gasteiger partial charge on any atom is -0.425 e. The topological polar surface area (TPSA) is 74.5 Å². The maximum absolute atomic E-state index is 13.9. The van der Waals surface area contributed by atoms with Crippen molar-refractivity contribution in [2.24, 2.45) is 0 Å². The van der Waals surface area contributed by atoms with Gasteiger partial charge in [-0.1, -0.05) is 109 Å². The molecule has 1 aromatic heterocycles. The molecule has 1 N–H and O–H groups in total. The van der Waals surface area contributed by atoms with Crippen LogP contribution in [0.15, 0.2) is 138 Å². The van der Waals surface area contributed by atoms with E-state index in [0.29, 0.717) is 35.2 Å². The number of rotatable bonds is 9. The SMILES string of the molecule is C[C@H](NC(c1ccccc1)(c1ccccc1)c1ccccc1)C(=O)Oc1ccc(-n2c(=O)n(C3CCOCC3)c3cccc(Cl)c32)cc1. The number of para-hydroxylation sites is 1. The molecule has 1 aliphatic heterocycles. The summed E-state index contributed by atoms with van der Waals surface area (Å²) in [4.78, 5) is 27.6. The van der Waals surface area contributed by atoms with Crippen LogP contribution in [0.25, 0.3) is 16.7 Å². The molecule has 2 heterocycles. The van der Waals surface area contributed by atoms with Gasteiger partial charge < -0.3 is 9.47 Å². The first-order valence-electron chi connectivity index (χ1n) is 16.2. The molecule has 1 atom stereocenters. The van der Waals surface area contributed by atoms with Crippen LogP contribution in [-0.4, -0.2) is 34.4 Å². The summed E-state index contributed by atoms with van der Waals surface area (Å²) in [5.41, 5.74) is 4.07. The highest BCUT2D eigenvalue weighted by Crippen LogP contribution is 2.37. The van der Waals surface area contributed by atoms with Crippen LogP contribution >= 0.6 is 11.6 Å². The van der Waals surface area contributed by atoms with Gasteiger partial charge in [-0.3, -0.25) is 14.5 Å². The molecule has 5 aromatic carbocycles. The number of hydrogen-bond acceptors (Lipinski definition) is 5. The van der Waals surface area contributed by atoms with Crippen molar-refractivity contribution in [1.82, 2.24) is 14.5 Å². The number of hydrogen-bond donors (Lipinski definition) is 1. The molecule has 0 aliphatic carbocycles. The minimum absolute atomic E-state index is 0.0254. The molecule has 0 bridgehead atoms. The summed E-state index contributed by atoms with van der Waals surface area (Å²) in [5.74, 6) is -0.0688. The van der Waals surface area contributed by atoms with Crippen LogP contribution in [0.2, 0.25) is 5.02 Å². The molecular weight excluding hydrogens is 622 g/mol. The standard InChI is InChI=1S/C40H36ClN3O4/c1-28(42-40(29-12-5-2-6-13-29,30-14-7-3-8-15-30)31-16-9-4-10-17-31)38(45)48-34-22-20-32(21-23-34)44-37-35(41)18-11-19-36(37)43(39(44)46)33-24-26-47-27-25-33/h2-23,28,33,42H,24-27H2,1H3/t28-/m0/s1. The van der Waals surface area contributed by atoms with Gasteiger partial charge in [0.05, 0.1) is 27.3 Å². The number of nitrogens with one attached hydrogen (secondary N) is 1. The van der Waals surface area contributed by atoms with Crippen molar-refractivity contribution in [1.29, 1.82) is 0 Å². The van der Waals surface area contributed by atoms with E-state index in [1.54, 1.807) is 34.9 Å². The van der Waals surface area contributed by atoms with Gasteiger partial charge >= 0.3 is 11.7 Å². The second-order valence-electron chi connectivity index (χ2n) is 12.1. The van der Waals surface area contributed by atoms with E-state index >= 15 is 0 Å². The van der Waals surface area contributed by atoms with E-state index < -0.39 is 17.6 Å². The largest absolute Gasteiger partial charge is 0.425 e. The monoisotopic (exact) mass is 657 g/mol. The van der Waals surface area contributed by atoms with E-state index in [9.17, 15) is 9.59 Å². The van der Waals surface area contributed by atoms with Gasteiger partial charge in [-0.25, -0.2) is 9.59 Å². The Morgan fingerprint density at radius 3 is 1.88 bits per heavy atom. The van der Waals surface area contributed by atoms with Crippen molar-refractivity contribution in [3.05, 3.63) is 166 Å². The summed E-state index contributed by atoms with van der Waals surface area (Å²) < 4.78 is 15.0. The molecule has 0 spiro atoms. The minimum atomic E-state index is -0.828. The Balaban J connectivity index is 1.19. The number of esters is 1. The van der Waals surface area contributed by atoms with Gasteiger partial charge in [0.25, 0.3) is 0 Å². The number of carbonyl (C=O) groups excluding carboxylic acids is 1. The fourth-order valence-electron chi connectivity index (χ4n) is 6.83. The van der Waals surface area contributed by atoms with Crippen molar-refractivity contribution in [2.75, 3.05) is 13.2 Å². The number of nitrogens with zero attached hydrogens (tertiary/aromatic N) is 2. The molecule has 8 heteroatoms. The number of carbonyl (C=O) groups is 1. The number of imidazole rings is 1. The van der Waals surface area contributed by atoms with Gasteiger partial charge in [-0.15, -0.1) is 0 Å². The van der Waals surface area contributed by atoms with E-state index in [4.69, 9.17) is 21.1 Å². The van der Waals surface area contributed by atoms with Gasteiger partial charge in [0, 0.05) is 19.3 Å². The molecule has 0 saturated carbocycles. The Hall–Kier alpha value is -4.95. The summed E-state index contributed by atoms with van der Waals surface area (Å²) in [7, 11) is 0. The molecule has 1 aliphatic rings. The zero-order chi connectivity index (χ0) is 33.1. The third kappa shape index (κ3) is 5.85.